The number of ether oxygens (including phenoxy) is 1. The van der Waals surface area contributed by atoms with Crippen LogP contribution in [0.3, 0.4) is 0 Å². The predicted octanol–water partition coefficient (Wildman–Crippen LogP) is 6.25. The molecule has 3 rings (SSSR count). The lowest BCUT2D eigenvalue weighted by molar-refractivity contribution is 0.415. The first-order valence-corrected chi connectivity index (χ1v) is 9.61. The van der Waals surface area contributed by atoms with Crippen molar-refractivity contribution in [3.63, 3.8) is 0 Å². The molecule has 1 aromatic heterocycles. The summed E-state index contributed by atoms with van der Waals surface area (Å²) in [5.41, 5.74) is 2.80. The molecule has 0 unspecified atom stereocenters. The van der Waals surface area contributed by atoms with Gasteiger partial charge in [-0.05, 0) is 47.5 Å². The van der Waals surface area contributed by atoms with Crippen molar-refractivity contribution in [3.05, 3.63) is 81.6 Å². The van der Waals surface area contributed by atoms with Crippen LogP contribution in [-0.4, -0.2) is 17.1 Å². The molecule has 1 heterocycles. The second kappa shape index (κ2) is 9.08. The van der Waals surface area contributed by atoms with E-state index in [9.17, 15) is 0 Å². The highest BCUT2D eigenvalue weighted by Gasteiger charge is 2.07. The van der Waals surface area contributed by atoms with Gasteiger partial charge in [-0.3, -0.25) is 0 Å². The Morgan fingerprint density at radius 1 is 1.00 bits per heavy atom. The standard InChI is InChI=1S/C20H16Cl2N2OS/c1-25-16-9-6-14(7-10-16)5-8-15-11-12-23-20(24-15)26-13-17-18(21)3-2-4-19(17)22/h2-12H,13H2,1H3/b8-5+. The maximum absolute atomic E-state index is 6.21. The fourth-order valence-electron chi connectivity index (χ4n) is 2.22. The molecular formula is C20H16Cl2N2OS. The molecule has 2 aromatic carbocycles. The van der Waals surface area contributed by atoms with Crippen LogP contribution in [0.1, 0.15) is 16.8 Å². The van der Waals surface area contributed by atoms with Crippen molar-refractivity contribution >= 4 is 47.1 Å². The van der Waals surface area contributed by atoms with E-state index in [0.29, 0.717) is 21.0 Å². The summed E-state index contributed by atoms with van der Waals surface area (Å²) in [6.07, 6.45) is 5.70. The molecule has 0 bridgehead atoms. The first-order valence-electron chi connectivity index (χ1n) is 7.86. The Morgan fingerprint density at radius 3 is 2.42 bits per heavy atom. The zero-order valence-corrected chi connectivity index (χ0v) is 16.4. The quantitative estimate of drug-likeness (QED) is 0.360. The van der Waals surface area contributed by atoms with E-state index in [0.717, 1.165) is 22.6 Å². The summed E-state index contributed by atoms with van der Waals surface area (Å²) in [7, 11) is 1.65. The first kappa shape index (κ1) is 18.8. The van der Waals surface area contributed by atoms with Gasteiger partial charge in [0.1, 0.15) is 5.75 Å². The lowest BCUT2D eigenvalue weighted by Crippen LogP contribution is -1.91. The van der Waals surface area contributed by atoms with E-state index in [4.69, 9.17) is 27.9 Å². The Morgan fingerprint density at radius 2 is 1.73 bits per heavy atom. The molecule has 0 spiro atoms. The maximum atomic E-state index is 6.21. The topological polar surface area (TPSA) is 35.0 Å². The molecule has 0 aliphatic carbocycles. The van der Waals surface area contributed by atoms with Gasteiger partial charge in [-0.15, -0.1) is 0 Å². The Kier molecular flexibility index (Phi) is 6.56. The molecule has 26 heavy (non-hydrogen) atoms. The number of hydrogen-bond donors (Lipinski definition) is 0. The molecule has 0 atom stereocenters. The third-order valence-electron chi connectivity index (χ3n) is 3.62. The molecular weight excluding hydrogens is 387 g/mol. The van der Waals surface area contributed by atoms with Crippen LogP contribution >= 0.6 is 35.0 Å². The fourth-order valence-corrected chi connectivity index (χ4v) is 3.80. The van der Waals surface area contributed by atoms with Crippen molar-refractivity contribution in [2.45, 2.75) is 10.9 Å². The first-order chi connectivity index (χ1) is 12.7. The summed E-state index contributed by atoms with van der Waals surface area (Å²) in [4.78, 5) is 8.86. The zero-order chi connectivity index (χ0) is 18.4. The number of rotatable bonds is 6. The van der Waals surface area contributed by atoms with Crippen molar-refractivity contribution in [3.8, 4) is 5.75 Å². The van der Waals surface area contributed by atoms with Crippen molar-refractivity contribution in [1.29, 1.82) is 0 Å². The summed E-state index contributed by atoms with van der Waals surface area (Å²) in [5.74, 6) is 1.45. The number of benzene rings is 2. The van der Waals surface area contributed by atoms with E-state index in [1.165, 1.54) is 11.8 Å². The second-order valence-corrected chi connectivity index (χ2v) is 7.12. The van der Waals surface area contributed by atoms with Gasteiger partial charge in [0.05, 0.1) is 12.8 Å². The van der Waals surface area contributed by atoms with Crippen LogP contribution in [0.25, 0.3) is 12.2 Å². The van der Waals surface area contributed by atoms with Crippen LogP contribution in [-0.2, 0) is 5.75 Å². The molecule has 0 radical (unpaired) electrons. The molecule has 3 aromatic rings. The van der Waals surface area contributed by atoms with E-state index >= 15 is 0 Å². The van der Waals surface area contributed by atoms with Crippen molar-refractivity contribution < 1.29 is 4.74 Å². The Balaban J connectivity index is 1.68. The molecule has 0 amide bonds. The molecule has 0 N–H and O–H groups in total. The molecule has 0 fully saturated rings. The largest absolute Gasteiger partial charge is 0.497 e. The average molecular weight is 403 g/mol. The van der Waals surface area contributed by atoms with Gasteiger partial charge in [0.15, 0.2) is 5.16 Å². The number of thioether (sulfide) groups is 1. The Hall–Kier alpha value is -2.01. The van der Waals surface area contributed by atoms with Crippen LogP contribution < -0.4 is 4.74 Å². The van der Waals surface area contributed by atoms with Gasteiger partial charge < -0.3 is 4.74 Å². The van der Waals surface area contributed by atoms with Crippen molar-refractivity contribution in [1.82, 2.24) is 9.97 Å². The SMILES string of the molecule is COc1ccc(/C=C/c2ccnc(SCc3c(Cl)cccc3Cl)n2)cc1. The van der Waals surface area contributed by atoms with Gasteiger partial charge in [0.2, 0.25) is 0 Å². The number of nitrogens with zero attached hydrogens (tertiary/aromatic N) is 2. The predicted molar refractivity (Wildman–Crippen MR) is 110 cm³/mol. The molecule has 0 aliphatic heterocycles. The van der Waals surface area contributed by atoms with E-state index < -0.39 is 0 Å². The van der Waals surface area contributed by atoms with Crippen LogP contribution in [0.15, 0.2) is 59.9 Å². The third kappa shape index (κ3) is 5.01. The second-order valence-electron chi connectivity index (χ2n) is 5.36. The highest BCUT2D eigenvalue weighted by atomic mass is 35.5. The summed E-state index contributed by atoms with van der Waals surface area (Å²) in [6.45, 7) is 0. The molecule has 0 saturated carbocycles. The van der Waals surface area contributed by atoms with Gasteiger partial charge in [-0.1, -0.05) is 59.2 Å². The van der Waals surface area contributed by atoms with Gasteiger partial charge in [-0.25, -0.2) is 9.97 Å². The van der Waals surface area contributed by atoms with E-state index in [1.54, 1.807) is 13.3 Å². The average Bonchev–Trinajstić information content (AvgIpc) is 2.67. The minimum absolute atomic E-state index is 0.615. The van der Waals surface area contributed by atoms with Crippen LogP contribution in [0.5, 0.6) is 5.75 Å². The molecule has 132 valence electrons. The molecule has 0 aliphatic rings. The molecule has 3 nitrogen and oxygen atoms in total. The minimum Gasteiger partial charge on any atom is -0.497 e. The number of halogens is 2. The lowest BCUT2D eigenvalue weighted by Gasteiger charge is -2.06. The van der Waals surface area contributed by atoms with Crippen molar-refractivity contribution in [2.24, 2.45) is 0 Å². The van der Waals surface area contributed by atoms with Gasteiger partial charge >= 0.3 is 0 Å². The fraction of sp³-hybridized carbons (Fsp3) is 0.100. The number of hydrogen-bond acceptors (Lipinski definition) is 4. The van der Waals surface area contributed by atoms with Crippen LogP contribution in [0.2, 0.25) is 10.0 Å². The number of aromatic nitrogens is 2. The summed E-state index contributed by atoms with van der Waals surface area (Å²) in [6, 6.07) is 15.2. The van der Waals surface area contributed by atoms with Crippen LogP contribution in [0.4, 0.5) is 0 Å². The smallest absolute Gasteiger partial charge is 0.188 e. The molecule has 6 heteroatoms. The van der Waals surface area contributed by atoms with E-state index in [1.807, 2.05) is 60.7 Å². The third-order valence-corrected chi connectivity index (χ3v) is 5.22. The normalized spacial score (nSPS) is 11.0. The monoisotopic (exact) mass is 402 g/mol. The van der Waals surface area contributed by atoms with Crippen molar-refractivity contribution in [2.75, 3.05) is 7.11 Å². The maximum Gasteiger partial charge on any atom is 0.188 e. The number of methoxy groups -OCH3 is 1. The highest BCUT2D eigenvalue weighted by molar-refractivity contribution is 7.98. The van der Waals surface area contributed by atoms with Gasteiger partial charge in [0.25, 0.3) is 0 Å². The Labute approximate surface area is 167 Å². The summed E-state index contributed by atoms with van der Waals surface area (Å²) < 4.78 is 5.16. The zero-order valence-electron chi connectivity index (χ0n) is 14.0. The van der Waals surface area contributed by atoms with Gasteiger partial charge in [0, 0.05) is 22.0 Å². The summed E-state index contributed by atoms with van der Waals surface area (Å²) >= 11 is 13.9. The Bertz CT molecular complexity index is 894. The van der Waals surface area contributed by atoms with E-state index in [-0.39, 0.29) is 0 Å². The highest BCUT2D eigenvalue weighted by Crippen LogP contribution is 2.30. The van der Waals surface area contributed by atoms with Gasteiger partial charge in [-0.2, -0.15) is 0 Å². The summed E-state index contributed by atoms with van der Waals surface area (Å²) in [5, 5.41) is 1.99. The van der Waals surface area contributed by atoms with E-state index in [2.05, 4.69) is 9.97 Å². The van der Waals surface area contributed by atoms with Crippen LogP contribution in [0, 0.1) is 0 Å². The minimum atomic E-state index is 0.615. The lowest BCUT2D eigenvalue weighted by atomic mass is 10.2. The molecule has 0 saturated heterocycles.